The maximum absolute atomic E-state index is 12.4. The van der Waals surface area contributed by atoms with Gasteiger partial charge in [-0.05, 0) is 12.0 Å². The van der Waals surface area contributed by atoms with Gasteiger partial charge >= 0.3 is 0 Å². The molecule has 2 amide bonds. The molecule has 0 bridgehead atoms. The summed E-state index contributed by atoms with van der Waals surface area (Å²) >= 11 is 2.80. The Morgan fingerprint density at radius 3 is 2.74 bits per heavy atom. The topological polar surface area (TPSA) is 85.1 Å². The number of rotatable bonds is 8. The predicted octanol–water partition coefficient (Wildman–Crippen LogP) is 2.99. The van der Waals surface area contributed by atoms with Gasteiger partial charge in [-0.25, -0.2) is 4.98 Å². The fourth-order valence-electron chi connectivity index (χ4n) is 2.14. The van der Waals surface area contributed by atoms with Crippen LogP contribution in [0.25, 0.3) is 0 Å². The minimum atomic E-state index is -0.340. The van der Waals surface area contributed by atoms with E-state index >= 15 is 0 Å². The predicted molar refractivity (Wildman–Crippen MR) is 95.6 cm³/mol. The van der Waals surface area contributed by atoms with Gasteiger partial charge in [0.1, 0.15) is 0 Å². The largest absolute Gasteiger partial charge is 0.369 e. The Hall–Kier alpha value is -1.86. The van der Waals surface area contributed by atoms with E-state index in [9.17, 15) is 9.59 Å². The highest BCUT2D eigenvalue weighted by atomic mass is 32.2. The lowest BCUT2D eigenvalue weighted by Crippen LogP contribution is -2.20. The van der Waals surface area contributed by atoms with E-state index in [4.69, 9.17) is 5.73 Å². The van der Waals surface area contributed by atoms with Gasteiger partial charge in [-0.3, -0.25) is 9.59 Å². The average molecular weight is 349 g/mol. The van der Waals surface area contributed by atoms with Crippen LogP contribution in [0.2, 0.25) is 0 Å². The van der Waals surface area contributed by atoms with Crippen LogP contribution in [-0.4, -0.2) is 22.6 Å². The molecule has 3 N–H and O–H groups in total. The SMILES string of the molecule is CCC(C(=O)Nc1nc(CSCC(N)=O)cs1)c1ccccc1. The molecule has 0 fully saturated rings. The van der Waals surface area contributed by atoms with E-state index in [1.54, 1.807) is 0 Å². The van der Waals surface area contributed by atoms with Crippen LogP contribution in [0.4, 0.5) is 5.13 Å². The van der Waals surface area contributed by atoms with Crippen molar-refractivity contribution in [2.45, 2.75) is 25.0 Å². The van der Waals surface area contributed by atoms with Gasteiger partial charge in [0, 0.05) is 11.1 Å². The zero-order chi connectivity index (χ0) is 16.7. The fraction of sp³-hybridized carbons (Fsp3) is 0.312. The molecule has 1 aromatic carbocycles. The minimum absolute atomic E-state index is 0.0515. The molecule has 0 aliphatic rings. The van der Waals surface area contributed by atoms with Crippen molar-refractivity contribution in [2.75, 3.05) is 11.1 Å². The summed E-state index contributed by atoms with van der Waals surface area (Å²) < 4.78 is 0. The monoisotopic (exact) mass is 349 g/mol. The summed E-state index contributed by atoms with van der Waals surface area (Å²) in [6.07, 6.45) is 0.725. The molecule has 0 aliphatic carbocycles. The number of hydrogen-bond acceptors (Lipinski definition) is 5. The van der Waals surface area contributed by atoms with E-state index in [0.717, 1.165) is 17.7 Å². The average Bonchev–Trinajstić information content (AvgIpc) is 2.96. The quantitative estimate of drug-likeness (QED) is 0.767. The number of carbonyl (C=O) groups excluding carboxylic acids is 2. The van der Waals surface area contributed by atoms with Crippen LogP contribution in [0.1, 0.15) is 30.5 Å². The van der Waals surface area contributed by atoms with Crippen molar-refractivity contribution in [1.29, 1.82) is 0 Å². The Balaban J connectivity index is 1.94. The van der Waals surface area contributed by atoms with Crippen LogP contribution in [-0.2, 0) is 15.3 Å². The van der Waals surface area contributed by atoms with Crippen LogP contribution < -0.4 is 11.1 Å². The number of thioether (sulfide) groups is 1. The maximum atomic E-state index is 12.4. The van der Waals surface area contributed by atoms with Gasteiger partial charge in [0.2, 0.25) is 11.8 Å². The molecule has 23 heavy (non-hydrogen) atoms. The number of primary amides is 1. The highest BCUT2D eigenvalue weighted by Crippen LogP contribution is 2.24. The lowest BCUT2D eigenvalue weighted by molar-refractivity contribution is -0.117. The summed E-state index contributed by atoms with van der Waals surface area (Å²) in [5.74, 6) is 0.292. The third-order valence-corrected chi connectivity index (χ3v) is 5.00. The number of aromatic nitrogens is 1. The lowest BCUT2D eigenvalue weighted by Gasteiger charge is -2.14. The van der Waals surface area contributed by atoms with Gasteiger partial charge < -0.3 is 11.1 Å². The molecule has 1 aromatic heterocycles. The van der Waals surface area contributed by atoms with Crippen LogP contribution in [0.3, 0.4) is 0 Å². The standard InChI is InChI=1S/C16H19N3O2S2/c1-2-13(11-6-4-3-5-7-11)15(21)19-16-18-12(9-23-16)8-22-10-14(17)20/h3-7,9,13H,2,8,10H2,1H3,(H2,17,20)(H,18,19,21). The summed E-state index contributed by atoms with van der Waals surface area (Å²) in [6, 6.07) is 9.72. The molecule has 2 rings (SSSR count). The number of hydrogen-bond donors (Lipinski definition) is 2. The van der Waals surface area contributed by atoms with Gasteiger partial charge in [-0.2, -0.15) is 0 Å². The van der Waals surface area contributed by atoms with E-state index in [-0.39, 0.29) is 23.5 Å². The fourth-order valence-corrected chi connectivity index (χ4v) is 3.62. The second kappa shape index (κ2) is 8.69. The first-order chi connectivity index (χ1) is 11.1. The second-order valence-corrected chi connectivity index (χ2v) is 6.81. The first-order valence-electron chi connectivity index (χ1n) is 7.26. The molecule has 2 aromatic rings. The van der Waals surface area contributed by atoms with Crippen molar-refractivity contribution >= 4 is 40.0 Å². The molecule has 5 nitrogen and oxygen atoms in total. The van der Waals surface area contributed by atoms with E-state index in [1.165, 1.54) is 23.1 Å². The molecule has 1 heterocycles. The number of carbonyl (C=O) groups is 2. The van der Waals surface area contributed by atoms with Gasteiger partial charge in [0.05, 0.1) is 17.4 Å². The number of thiazole rings is 1. The maximum Gasteiger partial charge on any atom is 0.233 e. The summed E-state index contributed by atoms with van der Waals surface area (Å²) in [5, 5.41) is 5.34. The molecule has 0 aliphatic heterocycles. The third-order valence-electron chi connectivity index (χ3n) is 3.20. The molecular weight excluding hydrogens is 330 g/mol. The lowest BCUT2D eigenvalue weighted by atomic mass is 9.96. The van der Waals surface area contributed by atoms with Crippen molar-refractivity contribution in [3.63, 3.8) is 0 Å². The van der Waals surface area contributed by atoms with Crippen LogP contribution in [0.15, 0.2) is 35.7 Å². The molecule has 1 unspecified atom stereocenters. The van der Waals surface area contributed by atoms with E-state index in [2.05, 4.69) is 10.3 Å². The van der Waals surface area contributed by atoms with Crippen LogP contribution >= 0.6 is 23.1 Å². The van der Waals surface area contributed by atoms with Gasteiger partial charge in [0.25, 0.3) is 0 Å². The Bertz CT molecular complexity index is 658. The number of benzene rings is 1. The number of nitrogens with two attached hydrogens (primary N) is 1. The van der Waals surface area contributed by atoms with Crippen LogP contribution in [0.5, 0.6) is 0 Å². The van der Waals surface area contributed by atoms with Gasteiger partial charge in [-0.15, -0.1) is 23.1 Å². The van der Waals surface area contributed by atoms with Crippen molar-refractivity contribution in [1.82, 2.24) is 4.98 Å². The molecule has 7 heteroatoms. The Labute approximate surface area is 143 Å². The minimum Gasteiger partial charge on any atom is -0.369 e. The summed E-state index contributed by atoms with van der Waals surface area (Å²) in [6.45, 7) is 1.99. The number of nitrogens with zero attached hydrogens (tertiary/aromatic N) is 1. The van der Waals surface area contributed by atoms with Crippen molar-refractivity contribution in [3.8, 4) is 0 Å². The van der Waals surface area contributed by atoms with Crippen molar-refractivity contribution in [3.05, 3.63) is 47.0 Å². The molecule has 122 valence electrons. The molecule has 1 atom stereocenters. The van der Waals surface area contributed by atoms with Crippen molar-refractivity contribution in [2.24, 2.45) is 5.73 Å². The van der Waals surface area contributed by atoms with E-state index < -0.39 is 0 Å². The van der Waals surface area contributed by atoms with E-state index in [1.807, 2.05) is 42.6 Å². The highest BCUT2D eigenvalue weighted by Gasteiger charge is 2.19. The normalized spacial score (nSPS) is 11.9. The van der Waals surface area contributed by atoms with Gasteiger partial charge in [-0.1, -0.05) is 37.3 Å². The first-order valence-corrected chi connectivity index (χ1v) is 9.29. The van der Waals surface area contributed by atoms with Gasteiger partial charge in [0.15, 0.2) is 5.13 Å². The van der Waals surface area contributed by atoms with Crippen molar-refractivity contribution < 1.29 is 9.59 Å². The Kier molecular flexibility index (Phi) is 6.61. The summed E-state index contributed by atoms with van der Waals surface area (Å²) in [7, 11) is 0. The number of nitrogens with one attached hydrogen (secondary N) is 1. The second-order valence-electron chi connectivity index (χ2n) is 4.96. The Morgan fingerprint density at radius 2 is 2.09 bits per heavy atom. The zero-order valence-corrected chi connectivity index (χ0v) is 14.5. The molecule has 0 radical (unpaired) electrons. The molecular formula is C16H19N3O2S2. The Morgan fingerprint density at radius 1 is 1.35 bits per heavy atom. The number of amides is 2. The number of anilines is 1. The van der Waals surface area contributed by atoms with Crippen LogP contribution in [0, 0.1) is 0 Å². The first kappa shape index (κ1) is 17.5. The zero-order valence-electron chi connectivity index (χ0n) is 12.8. The third kappa shape index (κ3) is 5.37. The molecule has 0 saturated heterocycles. The van der Waals surface area contributed by atoms with E-state index in [0.29, 0.717) is 10.9 Å². The molecule has 0 spiro atoms. The summed E-state index contributed by atoms with van der Waals surface area (Å²) in [4.78, 5) is 27.5. The highest BCUT2D eigenvalue weighted by molar-refractivity contribution is 7.99. The smallest absolute Gasteiger partial charge is 0.233 e. The molecule has 0 saturated carbocycles. The summed E-state index contributed by atoms with van der Waals surface area (Å²) in [5.41, 5.74) is 6.94.